The summed E-state index contributed by atoms with van der Waals surface area (Å²) >= 11 is 0. The molecular weight excluding hydrogens is 316 g/mol. The first kappa shape index (κ1) is 16.3. The van der Waals surface area contributed by atoms with Gasteiger partial charge in [0.05, 0.1) is 7.11 Å². The molecule has 120 valence electrons. The summed E-state index contributed by atoms with van der Waals surface area (Å²) in [4.78, 5) is 12.3. The van der Waals surface area contributed by atoms with Crippen molar-refractivity contribution in [2.45, 2.75) is 0 Å². The summed E-state index contributed by atoms with van der Waals surface area (Å²) in [7, 11) is 1.43. The average Bonchev–Trinajstić information content (AvgIpc) is 2.68. The molecule has 0 aliphatic rings. The van der Waals surface area contributed by atoms with E-state index < -0.39 is 6.89 Å². The smallest absolute Gasteiger partial charge is 0.331 e. The maximum Gasteiger partial charge on any atom is 0.331 e. The molecule has 3 rings (SSSR count). The third kappa shape index (κ3) is 3.06. The average molecular weight is 335 g/mol. The first-order valence-electron chi connectivity index (χ1n) is 7.77. The van der Waals surface area contributed by atoms with Crippen molar-refractivity contribution in [3.05, 3.63) is 91.0 Å². The number of carbonyl (C=O) groups is 1. The number of hydrogen-bond donors (Lipinski definition) is 0. The third-order valence-corrected chi connectivity index (χ3v) is 7.93. The van der Waals surface area contributed by atoms with Crippen LogP contribution in [0.3, 0.4) is 0 Å². The fraction of sp³-hybridized carbons (Fsp3) is 0.0476. The highest BCUT2D eigenvalue weighted by atomic mass is 31.2. The minimum Gasteiger partial charge on any atom is -0.466 e. The Morgan fingerprint density at radius 2 is 1.04 bits per heavy atom. The quantitative estimate of drug-likeness (QED) is 0.416. The van der Waals surface area contributed by atoms with E-state index in [9.17, 15) is 4.79 Å². The van der Waals surface area contributed by atoms with E-state index in [4.69, 9.17) is 4.74 Å². The van der Waals surface area contributed by atoms with Crippen molar-refractivity contribution < 1.29 is 9.53 Å². The van der Waals surface area contributed by atoms with Crippen molar-refractivity contribution in [3.63, 3.8) is 0 Å². The Labute approximate surface area is 142 Å². The normalized spacial score (nSPS) is 10.9. The highest BCUT2D eigenvalue weighted by molar-refractivity contribution is 7.95. The molecule has 0 bridgehead atoms. The van der Waals surface area contributed by atoms with E-state index >= 15 is 0 Å². The van der Waals surface area contributed by atoms with Crippen LogP contribution in [0.1, 0.15) is 0 Å². The third-order valence-electron chi connectivity index (χ3n) is 3.99. The monoisotopic (exact) mass is 335 g/mol. The summed E-state index contributed by atoms with van der Waals surface area (Å²) in [6.45, 7) is -2.23. The van der Waals surface area contributed by atoms with Crippen molar-refractivity contribution in [2.24, 2.45) is 0 Å². The van der Waals surface area contributed by atoms with E-state index in [1.807, 2.05) is 54.6 Å². The van der Waals surface area contributed by atoms with E-state index in [0.29, 0.717) is 0 Å². The second-order valence-corrected chi connectivity index (χ2v) is 8.63. The van der Waals surface area contributed by atoms with Crippen LogP contribution in [0.15, 0.2) is 91.0 Å². The van der Waals surface area contributed by atoms with Crippen molar-refractivity contribution in [1.29, 1.82) is 0 Å². The molecular formula is C21H19O2P. The van der Waals surface area contributed by atoms with Crippen LogP contribution < -0.4 is 15.9 Å². The summed E-state index contributed by atoms with van der Waals surface area (Å²) in [6, 6.07) is 30.6. The zero-order chi connectivity index (χ0) is 16.8. The largest absolute Gasteiger partial charge is 0.466 e. The van der Waals surface area contributed by atoms with Gasteiger partial charge in [-0.3, -0.25) is 0 Å². The lowest BCUT2D eigenvalue weighted by Gasteiger charge is -2.28. The van der Waals surface area contributed by atoms with Crippen LogP contribution in [-0.4, -0.2) is 18.9 Å². The molecule has 0 saturated heterocycles. The maximum atomic E-state index is 12.3. The molecule has 0 spiro atoms. The zero-order valence-corrected chi connectivity index (χ0v) is 14.4. The fourth-order valence-electron chi connectivity index (χ4n) is 2.87. The maximum absolute atomic E-state index is 12.3. The Bertz CT molecular complexity index is 753. The molecule has 0 aliphatic heterocycles. The molecule has 24 heavy (non-hydrogen) atoms. The van der Waals surface area contributed by atoms with Crippen LogP contribution in [-0.2, 0) is 9.53 Å². The van der Waals surface area contributed by atoms with Gasteiger partial charge >= 0.3 is 5.97 Å². The van der Waals surface area contributed by atoms with Crippen molar-refractivity contribution in [3.8, 4) is 0 Å². The lowest BCUT2D eigenvalue weighted by Crippen LogP contribution is -2.28. The Balaban J connectivity index is 2.42. The molecule has 3 aromatic carbocycles. The van der Waals surface area contributed by atoms with Gasteiger partial charge in [0.1, 0.15) is 0 Å². The van der Waals surface area contributed by atoms with E-state index in [1.54, 1.807) is 5.80 Å². The zero-order valence-electron chi connectivity index (χ0n) is 13.5. The highest BCUT2D eigenvalue weighted by Gasteiger charge is 2.26. The molecule has 0 saturated carbocycles. The van der Waals surface area contributed by atoms with Gasteiger partial charge < -0.3 is 4.74 Å². The van der Waals surface area contributed by atoms with Gasteiger partial charge in [0, 0.05) is 5.80 Å². The molecule has 3 aromatic rings. The number of carbonyl (C=O) groups excluding carboxylic acids is 1. The molecule has 2 nitrogen and oxygen atoms in total. The lowest BCUT2D eigenvalue weighted by molar-refractivity contribution is -0.132. The van der Waals surface area contributed by atoms with Crippen molar-refractivity contribution in [1.82, 2.24) is 0 Å². The minimum atomic E-state index is -2.23. The number of hydrogen-bond acceptors (Lipinski definition) is 2. The molecule has 0 unspecified atom stereocenters. The predicted octanol–water partition coefficient (Wildman–Crippen LogP) is 2.96. The van der Waals surface area contributed by atoms with Gasteiger partial charge in [-0.25, -0.2) is 4.79 Å². The van der Waals surface area contributed by atoms with Crippen LogP contribution in [0.4, 0.5) is 0 Å². The Hall–Kier alpha value is -2.57. The van der Waals surface area contributed by atoms with Gasteiger partial charge in [-0.1, -0.05) is 91.0 Å². The van der Waals surface area contributed by atoms with Crippen LogP contribution in [0.25, 0.3) is 0 Å². The van der Waals surface area contributed by atoms with Crippen LogP contribution in [0.2, 0.25) is 0 Å². The Morgan fingerprint density at radius 3 is 1.33 bits per heavy atom. The van der Waals surface area contributed by atoms with Gasteiger partial charge in [-0.15, -0.1) is 0 Å². The van der Waals surface area contributed by atoms with Crippen molar-refractivity contribution >= 4 is 34.6 Å². The Kier molecular flexibility index (Phi) is 4.98. The van der Waals surface area contributed by atoms with Gasteiger partial charge in [0.15, 0.2) is 0 Å². The summed E-state index contributed by atoms with van der Waals surface area (Å²) in [6.07, 6.45) is 0. The summed E-state index contributed by atoms with van der Waals surface area (Å²) in [5, 5.41) is 3.40. The molecule has 0 N–H and O–H groups in total. The molecule has 3 heteroatoms. The van der Waals surface area contributed by atoms with Crippen LogP contribution in [0, 0.1) is 0 Å². The molecule has 0 aromatic heterocycles. The number of esters is 1. The molecule has 0 atom stereocenters. The molecule has 0 amide bonds. The molecule has 0 heterocycles. The second-order valence-electron chi connectivity index (χ2n) is 5.38. The number of rotatable bonds is 4. The van der Waals surface area contributed by atoms with Gasteiger partial charge in [-0.05, 0) is 22.8 Å². The minimum absolute atomic E-state index is 0.306. The number of methoxy groups -OCH3 is 1. The van der Waals surface area contributed by atoms with Gasteiger partial charge in [-0.2, -0.15) is 0 Å². The van der Waals surface area contributed by atoms with Gasteiger partial charge in [0.25, 0.3) is 0 Å². The Morgan fingerprint density at radius 1 is 0.708 bits per heavy atom. The molecule has 0 radical (unpaired) electrons. The summed E-state index contributed by atoms with van der Waals surface area (Å²) in [5.41, 5.74) is 0. The standard InChI is InChI=1S/C21H19O2P/c1-23-21(22)17-24(18-11-5-2-6-12-18,19-13-7-3-8-14-19)20-15-9-4-10-16-20/h2-17H,1H3/i17+1. The van der Waals surface area contributed by atoms with E-state index in [-0.39, 0.29) is 5.97 Å². The fourth-order valence-corrected chi connectivity index (χ4v) is 6.56. The summed E-state index contributed by atoms with van der Waals surface area (Å²) < 4.78 is 5.00. The SMILES string of the molecule is COC(=O)[13CH]=P(c1ccccc1)(c1ccccc1)c1ccccc1. The number of ether oxygens (including phenoxy) is 1. The topological polar surface area (TPSA) is 26.3 Å². The number of benzene rings is 3. The van der Waals surface area contributed by atoms with E-state index in [2.05, 4.69) is 36.4 Å². The highest BCUT2D eigenvalue weighted by Crippen LogP contribution is 2.43. The first-order chi connectivity index (χ1) is 11.8. The molecule has 0 fully saturated rings. The molecule has 0 aliphatic carbocycles. The second kappa shape index (κ2) is 7.33. The van der Waals surface area contributed by atoms with E-state index in [1.165, 1.54) is 7.11 Å². The van der Waals surface area contributed by atoms with Crippen LogP contribution >= 0.6 is 6.89 Å². The lowest BCUT2D eigenvalue weighted by atomic mass is 10.4. The predicted molar refractivity (Wildman–Crippen MR) is 103 cm³/mol. The van der Waals surface area contributed by atoms with E-state index in [0.717, 1.165) is 15.9 Å². The summed E-state index contributed by atoms with van der Waals surface area (Å²) in [5.74, 6) is 1.47. The van der Waals surface area contributed by atoms with Crippen molar-refractivity contribution in [2.75, 3.05) is 7.11 Å². The van der Waals surface area contributed by atoms with Crippen LogP contribution in [0.5, 0.6) is 0 Å². The first-order valence-corrected chi connectivity index (χ1v) is 9.62. The van der Waals surface area contributed by atoms with Gasteiger partial charge in [0.2, 0.25) is 0 Å².